The van der Waals surface area contributed by atoms with E-state index in [4.69, 9.17) is 14.2 Å². The molecular weight excluding hydrogens is 368 g/mol. The first-order chi connectivity index (χ1) is 14.1. The first-order valence-corrected chi connectivity index (χ1v) is 9.97. The second kappa shape index (κ2) is 12.4. The Hall–Kier alpha value is -3.08. The summed E-state index contributed by atoms with van der Waals surface area (Å²) < 4.78 is 16.0. The van der Waals surface area contributed by atoms with Crippen molar-refractivity contribution >= 4 is 11.9 Å². The first-order valence-electron chi connectivity index (χ1n) is 9.97. The van der Waals surface area contributed by atoms with Crippen LogP contribution >= 0.6 is 0 Å². The van der Waals surface area contributed by atoms with Gasteiger partial charge in [0.05, 0.1) is 17.7 Å². The Morgan fingerprint density at radius 2 is 1.41 bits per heavy atom. The third-order valence-electron chi connectivity index (χ3n) is 4.24. The second-order valence-electron chi connectivity index (χ2n) is 6.59. The molecule has 0 aliphatic rings. The van der Waals surface area contributed by atoms with Crippen LogP contribution in [0.2, 0.25) is 0 Å². The summed E-state index contributed by atoms with van der Waals surface area (Å²) in [6.45, 7) is 6.57. The summed E-state index contributed by atoms with van der Waals surface area (Å²) in [4.78, 5) is 24.3. The van der Waals surface area contributed by atoms with Crippen molar-refractivity contribution in [1.29, 1.82) is 0 Å². The SMILES string of the molecule is C=CCOc1ccc(C(=O)Oc2ccc(C(=O)OCCCCCCC)cc2)cc1. The molecule has 2 aromatic rings. The molecule has 0 fully saturated rings. The largest absolute Gasteiger partial charge is 0.490 e. The van der Waals surface area contributed by atoms with E-state index in [2.05, 4.69) is 13.5 Å². The normalized spacial score (nSPS) is 10.2. The molecule has 0 aliphatic heterocycles. The minimum atomic E-state index is -0.484. The predicted molar refractivity (Wildman–Crippen MR) is 113 cm³/mol. The quantitative estimate of drug-likeness (QED) is 0.202. The number of benzene rings is 2. The molecule has 0 amide bonds. The van der Waals surface area contributed by atoms with Crippen LogP contribution in [0.1, 0.15) is 59.7 Å². The average molecular weight is 396 g/mol. The number of unbranched alkanes of at least 4 members (excludes halogenated alkanes) is 4. The smallest absolute Gasteiger partial charge is 0.343 e. The van der Waals surface area contributed by atoms with Gasteiger partial charge in [-0.25, -0.2) is 9.59 Å². The summed E-state index contributed by atoms with van der Waals surface area (Å²) in [6, 6.07) is 13.0. The van der Waals surface area contributed by atoms with Gasteiger partial charge in [-0.15, -0.1) is 0 Å². The molecule has 0 heterocycles. The van der Waals surface area contributed by atoms with Crippen molar-refractivity contribution in [2.45, 2.75) is 39.0 Å². The lowest BCUT2D eigenvalue weighted by molar-refractivity contribution is 0.0497. The Bertz CT molecular complexity index is 778. The van der Waals surface area contributed by atoms with Crippen LogP contribution in [0.3, 0.4) is 0 Å². The fraction of sp³-hybridized carbons (Fsp3) is 0.333. The molecule has 0 spiro atoms. The highest BCUT2D eigenvalue weighted by molar-refractivity contribution is 5.92. The third kappa shape index (κ3) is 7.82. The highest BCUT2D eigenvalue weighted by Gasteiger charge is 2.11. The number of rotatable bonds is 12. The number of esters is 2. The highest BCUT2D eigenvalue weighted by atomic mass is 16.5. The summed E-state index contributed by atoms with van der Waals surface area (Å²) in [5.41, 5.74) is 0.838. The van der Waals surface area contributed by atoms with E-state index < -0.39 is 5.97 Å². The molecule has 0 radical (unpaired) electrons. The molecule has 2 aromatic carbocycles. The fourth-order valence-corrected chi connectivity index (χ4v) is 2.62. The van der Waals surface area contributed by atoms with Gasteiger partial charge in [-0.2, -0.15) is 0 Å². The monoisotopic (exact) mass is 396 g/mol. The second-order valence-corrected chi connectivity index (χ2v) is 6.59. The first kappa shape index (κ1) is 22.2. The van der Waals surface area contributed by atoms with Crippen LogP contribution in [0.5, 0.6) is 11.5 Å². The Morgan fingerprint density at radius 1 is 0.828 bits per heavy atom. The van der Waals surface area contributed by atoms with Crippen molar-refractivity contribution in [2.24, 2.45) is 0 Å². The van der Waals surface area contributed by atoms with E-state index in [1.165, 1.54) is 19.3 Å². The lowest BCUT2D eigenvalue weighted by Gasteiger charge is -2.07. The van der Waals surface area contributed by atoms with Gasteiger partial charge in [0.25, 0.3) is 0 Å². The van der Waals surface area contributed by atoms with Crippen LogP contribution in [0, 0.1) is 0 Å². The van der Waals surface area contributed by atoms with Gasteiger partial charge in [-0.1, -0.05) is 45.3 Å². The van der Waals surface area contributed by atoms with E-state index in [0.717, 1.165) is 12.8 Å². The molecule has 154 valence electrons. The number of carbonyl (C=O) groups excluding carboxylic acids is 2. The molecule has 2 rings (SSSR count). The minimum Gasteiger partial charge on any atom is -0.490 e. The van der Waals surface area contributed by atoms with Crippen LogP contribution < -0.4 is 9.47 Å². The van der Waals surface area contributed by atoms with E-state index in [1.54, 1.807) is 54.6 Å². The van der Waals surface area contributed by atoms with Crippen molar-refractivity contribution < 1.29 is 23.8 Å². The Labute approximate surface area is 172 Å². The number of hydrogen-bond acceptors (Lipinski definition) is 5. The third-order valence-corrected chi connectivity index (χ3v) is 4.24. The van der Waals surface area contributed by atoms with Crippen LogP contribution in [-0.2, 0) is 4.74 Å². The molecule has 0 saturated carbocycles. The van der Waals surface area contributed by atoms with E-state index in [-0.39, 0.29) is 5.97 Å². The Kier molecular flexibility index (Phi) is 9.49. The van der Waals surface area contributed by atoms with Crippen LogP contribution in [0.4, 0.5) is 0 Å². The standard InChI is InChI=1S/C24H28O5/c1-3-5-6-7-8-18-28-23(25)19-11-15-22(16-12-19)29-24(26)20-9-13-21(14-10-20)27-17-4-2/h4,9-16H,2-3,5-8,17-18H2,1H3. The van der Waals surface area contributed by atoms with Crippen molar-refractivity contribution in [3.8, 4) is 11.5 Å². The molecule has 0 aromatic heterocycles. The average Bonchev–Trinajstić information content (AvgIpc) is 2.75. The molecular formula is C24H28O5. The van der Waals surface area contributed by atoms with Gasteiger partial charge < -0.3 is 14.2 Å². The molecule has 0 unspecified atom stereocenters. The van der Waals surface area contributed by atoms with Gasteiger partial charge in [0.15, 0.2) is 0 Å². The van der Waals surface area contributed by atoms with E-state index in [9.17, 15) is 9.59 Å². The molecule has 0 aliphatic carbocycles. The summed E-state index contributed by atoms with van der Waals surface area (Å²) in [5.74, 6) is 0.156. The molecule has 0 N–H and O–H groups in total. The van der Waals surface area contributed by atoms with Crippen molar-refractivity contribution in [3.05, 3.63) is 72.3 Å². The lowest BCUT2D eigenvalue weighted by Crippen LogP contribution is -2.09. The summed E-state index contributed by atoms with van der Waals surface area (Å²) >= 11 is 0. The lowest BCUT2D eigenvalue weighted by atomic mass is 10.2. The van der Waals surface area contributed by atoms with E-state index in [1.807, 2.05) is 0 Å². The van der Waals surface area contributed by atoms with Crippen molar-refractivity contribution in [1.82, 2.24) is 0 Å². The number of carbonyl (C=O) groups is 2. The van der Waals surface area contributed by atoms with Gasteiger partial charge in [0.2, 0.25) is 0 Å². The molecule has 5 nitrogen and oxygen atoms in total. The molecule has 0 atom stereocenters. The topological polar surface area (TPSA) is 61.8 Å². The van der Waals surface area contributed by atoms with Crippen molar-refractivity contribution in [2.75, 3.05) is 13.2 Å². The van der Waals surface area contributed by atoms with E-state index >= 15 is 0 Å². The van der Waals surface area contributed by atoms with Crippen LogP contribution in [0.25, 0.3) is 0 Å². The summed E-state index contributed by atoms with van der Waals surface area (Å²) in [7, 11) is 0. The van der Waals surface area contributed by atoms with Gasteiger partial charge in [0.1, 0.15) is 18.1 Å². The molecule has 0 saturated heterocycles. The molecule has 0 bridgehead atoms. The maximum absolute atomic E-state index is 12.2. The zero-order chi connectivity index (χ0) is 20.9. The number of ether oxygens (including phenoxy) is 3. The molecule has 29 heavy (non-hydrogen) atoms. The van der Waals surface area contributed by atoms with Gasteiger partial charge in [-0.05, 0) is 55.0 Å². The van der Waals surface area contributed by atoms with Gasteiger partial charge in [0, 0.05) is 0 Å². The minimum absolute atomic E-state index is 0.359. The maximum Gasteiger partial charge on any atom is 0.343 e. The van der Waals surface area contributed by atoms with Crippen molar-refractivity contribution in [3.63, 3.8) is 0 Å². The summed E-state index contributed by atoms with van der Waals surface area (Å²) in [6.07, 6.45) is 7.15. The predicted octanol–water partition coefficient (Wildman–Crippen LogP) is 5.60. The zero-order valence-electron chi connectivity index (χ0n) is 16.9. The molecule has 5 heteroatoms. The Balaban J connectivity index is 1.81. The van der Waals surface area contributed by atoms with E-state index in [0.29, 0.717) is 35.8 Å². The maximum atomic E-state index is 12.2. The van der Waals surface area contributed by atoms with Gasteiger partial charge >= 0.3 is 11.9 Å². The van der Waals surface area contributed by atoms with Crippen LogP contribution in [0.15, 0.2) is 61.2 Å². The fourth-order valence-electron chi connectivity index (χ4n) is 2.62. The highest BCUT2D eigenvalue weighted by Crippen LogP contribution is 2.17. The summed E-state index contributed by atoms with van der Waals surface area (Å²) in [5, 5.41) is 0. The Morgan fingerprint density at radius 3 is 2.03 bits per heavy atom. The zero-order valence-corrected chi connectivity index (χ0v) is 16.9. The van der Waals surface area contributed by atoms with Crippen LogP contribution in [-0.4, -0.2) is 25.2 Å². The number of hydrogen-bond donors (Lipinski definition) is 0. The van der Waals surface area contributed by atoms with Gasteiger partial charge in [-0.3, -0.25) is 0 Å².